The zero-order valence-corrected chi connectivity index (χ0v) is 27.6. The Balaban J connectivity index is 1.54. The van der Waals surface area contributed by atoms with Crippen LogP contribution < -0.4 is 0 Å². The van der Waals surface area contributed by atoms with Crippen molar-refractivity contribution in [1.29, 1.82) is 0 Å². The lowest BCUT2D eigenvalue weighted by Gasteiger charge is -2.30. The number of benzene rings is 6. The van der Waals surface area contributed by atoms with Crippen LogP contribution in [0.25, 0.3) is 44.8 Å². The van der Waals surface area contributed by atoms with Crippen molar-refractivity contribution in [2.45, 2.75) is 19.4 Å². The zero-order valence-electron chi connectivity index (χ0n) is 27.6. The first-order valence-electron chi connectivity index (χ1n) is 16.7. The highest BCUT2D eigenvalue weighted by Crippen LogP contribution is 2.54. The first-order valence-corrected chi connectivity index (χ1v) is 16.7. The molecule has 1 atom stereocenters. The van der Waals surface area contributed by atoms with Gasteiger partial charge in [-0.1, -0.05) is 181 Å². The fraction of sp³-hybridized carbons (Fsp3) is 0.0652. The summed E-state index contributed by atoms with van der Waals surface area (Å²) in [5.74, 6) is 0. The zero-order chi connectivity index (χ0) is 33.4. The molecule has 1 unspecified atom stereocenters. The minimum Gasteiger partial charge on any atom is -0.373 e. The number of aromatic amines is 1. The van der Waals surface area contributed by atoms with E-state index in [1.807, 2.05) is 48.5 Å². The fourth-order valence-corrected chi connectivity index (χ4v) is 7.02. The summed E-state index contributed by atoms with van der Waals surface area (Å²) in [6, 6.07) is 58.2. The summed E-state index contributed by atoms with van der Waals surface area (Å²) in [5, 5.41) is 14.0. The average Bonchev–Trinajstić information content (AvgIpc) is 3.71. The molecule has 236 valence electrons. The number of aliphatic imine (C=N–C) groups is 1. The molecule has 1 aliphatic rings. The number of hydrogen-bond acceptors (Lipinski definition) is 2. The van der Waals surface area contributed by atoms with Gasteiger partial charge < -0.3 is 10.1 Å². The minimum absolute atomic E-state index is 0.582. The Labute approximate surface area is 287 Å². The van der Waals surface area contributed by atoms with Crippen LogP contribution in [0.3, 0.4) is 0 Å². The van der Waals surface area contributed by atoms with Gasteiger partial charge in [-0.05, 0) is 41.7 Å². The third kappa shape index (κ3) is 5.35. The van der Waals surface area contributed by atoms with Crippen molar-refractivity contribution in [2.24, 2.45) is 4.99 Å². The van der Waals surface area contributed by atoms with E-state index in [0.717, 1.165) is 67.0 Å². The normalized spacial score (nSPS) is 15.8. The predicted molar refractivity (Wildman–Crippen MR) is 203 cm³/mol. The third-order valence-electron chi connectivity index (χ3n) is 9.43. The van der Waals surface area contributed by atoms with E-state index < -0.39 is 5.60 Å². The lowest BCUT2D eigenvalue weighted by atomic mass is 9.77. The molecule has 0 saturated heterocycles. The van der Waals surface area contributed by atoms with Crippen molar-refractivity contribution in [3.05, 3.63) is 203 Å². The van der Waals surface area contributed by atoms with Gasteiger partial charge in [0.15, 0.2) is 5.60 Å². The van der Waals surface area contributed by atoms with Gasteiger partial charge in [-0.3, -0.25) is 0 Å². The molecule has 8 rings (SSSR count). The first-order chi connectivity index (χ1) is 24.0. The number of aryl methyl sites for hydroxylation is 2. The summed E-state index contributed by atoms with van der Waals surface area (Å²) in [6.45, 7) is 4.18. The van der Waals surface area contributed by atoms with E-state index in [2.05, 4.69) is 140 Å². The standard InChI is InChI=1S/C46H36N2O/c1-31-23-27-34(28-24-31)40-39(33-15-7-3-8-16-33)42(36-19-11-5-12-20-36)47-45(40)46(49)41(35-17-9-4-10-18-35)43(37-21-13-6-14-22-37)48-44(46)38-29-25-32(2)26-30-38/h3-30,47,49H,1-2H3. The molecule has 0 fully saturated rings. The van der Waals surface area contributed by atoms with Crippen molar-refractivity contribution < 1.29 is 5.11 Å². The van der Waals surface area contributed by atoms with Crippen LogP contribution in [0.5, 0.6) is 0 Å². The molecule has 1 aliphatic heterocycles. The maximum Gasteiger partial charge on any atom is 0.176 e. The van der Waals surface area contributed by atoms with Crippen LogP contribution in [0.4, 0.5) is 0 Å². The molecule has 0 aliphatic carbocycles. The summed E-state index contributed by atoms with van der Waals surface area (Å²) < 4.78 is 0. The van der Waals surface area contributed by atoms with Gasteiger partial charge in [-0.25, -0.2) is 4.99 Å². The summed E-state index contributed by atoms with van der Waals surface area (Å²) in [5.41, 5.74) is 12.1. The van der Waals surface area contributed by atoms with Crippen molar-refractivity contribution in [3.63, 3.8) is 0 Å². The number of nitrogens with one attached hydrogen (secondary N) is 1. The second-order valence-electron chi connectivity index (χ2n) is 12.7. The maximum absolute atomic E-state index is 14.0. The average molecular weight is 633 g/mol. The Hall–Kier alpha value is -6.03. The Kier molecular flexibility index (Phi) is 7.75. The molecule has 0 radical (unpaired) electrons. The van der Waals surface area contributed by atoms with Crippen LogP contribution in [0.2, 0.25) is 0 Å². The van der Waals surface area contributed by atoms with E-state index in [-0.39, 0.29) is 0 Å². The van der Waals surface area contributed by atoms with Crippen LogP contribution in [0.1, 0.15) is 33.5 Å². The Bertz CT molecular complexity index is 2300. The largest absolute Gasteiger partial charge is 0.373 e. The van der Waals surface area contributed by atoms with Crippen molar-refractivity contribution in [1.82, 2.24) is 4.98 Å². The van der Waals surface area contributed by atoms with Gasteiger partial charge in [0, 0.05) is 22.3 Å². The number of aromatic nitrogens is 1. The number of nitrogens with zero attached hydrogens (tertiary/aromatic N) is 1. The molecule has 2 N–H and O–H groups in total. The SMILES string of the molecule is Cc1ccc(C2=NC(c3ccccc3)=C(c3ccccc3)C2(O)c2[nH]c(-c3ccccc3)c(-c3ccccc3)c2-c2ccc(C)cc2)cc1. The van der Waals surface area contributed by atoms with Crippen LogP contribution in [-0.2, 0) is 5.60 Å². The summed E-state index contributed by atoms with van der Waals surface area (Å²) >= 11 is 0. The van der Waals surface area contributed by atoms with Crippen LogP contribution in [-0.4, -0.2) is 15.8 Å². The van der Waals surface area contributed by atoms with Gasteiger partial charge in [-0.15, -0.1) is 0 Å². The topological polar surface area (TPSA) is 48.4 Å². The van der Waals surface area contributed by atoms with Crippen molar-refractivity contribution in [3.8, 4) is 33.5 Å². The molecule has 0 spiro atoms. The van der Waals surface area contributed by atoms with E-state index in [4.69, 9.17) is 4.99 Å². The number of H-pyrrole nitrogens is 1. The van der Waals surface area contributed by atoms with Crippen molar-refractivity contribution >= 4 is 17.0 Å². The Morgan fingerprint density at radius 1 is 0.449 bits per heavy atom. The Morgan fingerprint density at radius 3 is 1.41 bits per heavy atom. The second kappa shape index (κ2) is 12.5. The molecule has 2 heterocycles. The lowest BCUT2D eigenvalue weighted by Crippen LogP contribution is -2.36. The summed E-state index contributed by atoms with van der Waals surface area (Å²) in [4.78, 5) is 9.28. The van der Waals surface area contributed by atoms with E-state index in [9.17, 15) is 5.11 Å². The molecule has 7 aromatic rings. The van der Waals surface area contributed by atoms with Crippen LogP contribution in [0.15, 0.2) is 175 Å². The van der Waals surface area contributed by atoms with E-state index >= 15 is 0 Å². The molecular weight excluding hydrogens is 597 g/mol. The second-order valence-corrected chi connectivity index (χ2v) is 12.7. The molecule has 6 aromatic carbocycles. The monoisotopic (exact) mass is 632 g/mol. The summed E-state index contributed by atoms with van der Waals surface area (Å²) in [6.07, 6.45) is 0. The van der Waals surface area contributed by atoms with Gasteiger partial charge in [0.05, 0.1) is 22.8 Å². The number of aliphatic hydroxyl groups is 1. The van der Waals surface area contributed by atoms with Gasteiger partial charge in [-0.2, -0.15) is 0 Å². The molecule has 0 amide bonds. The first kappa shape index (κ1) is 30.3. The van der Waals surface area contributed by atoms with E-state index in [1.54, 1.807) is 0 Å². The summed E-state index contributed by atoms with van der Waals surface area (Å²) in [7, 11) is 0. The highest BCUT2D eigenvalue weighted by atomic mass is 16.3. The molecular formula is C46H36N2O. The molecule has 3 heteroatoms. The molecule has 3 nitrogen and oxygen atoms in total. The number of hydrogen-bond donors (Lipinski definition) is 2. The molecule has 0 saturated carbocycles. The van der Waals surface area contributed by atoms with Gasteiger partial charge in [0.1, 0.15) is 0 Å². The quantitative estimate of drug-likeness (QED) is 0.180. The van der Waals surface area contributed by atoms with Gasteiger partial charge >= 0.3 is 0 Å². The fourth-order valence-electron chi connectivity index (χ4n) is 7.02. The predicted octanol–water partition coefficient (Wildman–Crippen LogP) is 10.9. The van der Waals surface area contributed by atoms with Crippen molar-refractivity contribution in [2.75, 3.05) is 0 Å². The van der Waals surface area contributed by atoms with E-state index in [1.165, 1.54) is 5.56 Å². The lowest BCUT2D eigenvalue weighted by molar-refractivity contribution is 0.175. The number of rotatable bonds is 7. The Morgan fingerprint density at radius 2 is 0.878 bits per heavy atom. The van der Waals surface area contributed by atoms with E-state index in [0.29, 0.717) is 11.4 Å². The maximum atomic E-state index is 14.0. The smallest absolute Gasteiger partial charge is 0.176 e. The highest BCUT2D eigenvalue weighted by Gasteiger charge is 2.50. The molecule has 0 bridgehead atoms. The third-order valence-corrected chi connectivity index (χ3v) is 9.43. The molecule has 1 aromatic heterocycles. The van der Waals surface area contributed by atoms with Gasteiger partial charge in [0.25, 0.3) is 0 Å². The van der Waals surface area contributed by atoms with Crippen LogP contribution in [0, 0.1) is 13.8 Å². The van der Waals surface area contributed by atoms with Crippen LogP contribution >= 0.6 is 0 Å². The minimum atomic E-state index is -1.67. The van der Waals surface area contributed by atoms with Gasteiger partial charge in [0.2, 0.25) is 0 Å². The molecule has 49 heavy (non-hydrogen) atoms. The highest BCUT2D eigenvalue weighted by molar-refractivity contribution is 6.24.